The topological polar surface area (TPSA) is 38.9 Å². The fourth-order valence-electron chi connectivity index (χ4n) is 1.89. The Morgan fingerprint density at radius 2 is 2.00 bits per heavy atom. The molecule has 0 atom stereocenters. The van der Waals surface area contributed by atoms with E-state index in [0.29, 0.717) is 5.92 Å². The molecule has 0 N–H and O–H groups in total. The van der Waals surface area contributed by atoms with E-state index in [4.69, 9.17) is 4.52 Å². The molecule has 0 spiro atoms. The fraction of sp³-hybridized carbons (Fsp3) is 0.778. The second-order valence-electron chi connectivity index (χ2n) is 3.86. The van der Waals surface area contributed by atoms with Crippen LogP contribution in [-0.4, -0.2) is 10.1 Å². The van der Waals surface area contributed by atoms with Crippen LogP contribution in [0.2, 0.25) is 0 Å². The van der Waals surface area contributed by atoms with E-state index in [1.165, 1.54) is 25.7 Å². The third-order valence-corrected chi connectivity index (χ3v) is 3.22. The van der Waals surface area contributed by atoms with Gasteiger partial charge >= 0.3 is 0 Å². The van der Waals surface area contributed by atoms with Gasteiger partial charge in [0.1, 0.15) is 0 Å². The van der Waals surface area contributed by atoms with Gasteiger partial charge in [-0.2, -0.15) is 4.98 Å². The van der Waals surface area contributed by atoms with Crippen molar-refractivity contribution in [1.82, 2.24) is 10.1 Å². The summed E-state index contributed by atoms with van der Waals surface area (Å²) in [6.45, 7) is 2.31. The third-order valence-electron chi connectivity index (χ3n) is 2.78. The molecule has 4 heteroatoms. The van der Waals surface area contributed by atoms with Crippen molar-refractivity contribution < 1.29 is 4.52 Å². The SMILES string of the molecule is CC1CCC(c2nc(I)no2)CC1. The van der Waals surface area contributed by atoms with Crippen LogP contribution in [0.25, 0.3) is 0 Å². The van der Waals surface area contributed by atoms with Crippen molar-refractivity contribution in [3.8, 4) is 0 Å². The van der Waals surface area contributed by atoms with Crippen molar-refractivity contribution in [2.75, 3.05) is 0 Å². The largest absolute Gasteiger partial charge is 0.338 e. The van der Waals surface area contributed by atoms with Crippen LogP contribution in [0.1, 0.15) is 44.4 Å². The first kappa shape index (κ1) is 9.43. The Labute approximate surface area is 91.4 Å². The van der Waals surface area contributed by atoms with Gasteiger partial charge in [-0.15, -0.1) is 0 Å². The van der Waals surface area contributed by atoms with Crippen LogP contribution in [0.5, 0.6) is 0 Å². The second kappa shape index (κ2) is 3.94. The molecule has 0 radical (unpaired) electrons. The molecule has 3 nitrogen and oxygen atoms in total. The summed E-state index contributed by atoms with van der Waals surface area (Å²) in [4.78, 5) is 4.27. The molecule has 0 bridgehead atoms. The van der Waals surface area contributed by atoms with Crippen LogP contribution >= 0.6 is 22.6 Å². The van der Waals surface area contributed by atoms with Crippen LogP contribution in [0.3, 0.4) is 0 Å². The van der Waals surface area contributed by atoms with Gasteiger partial charge in [0.25, 0.3) is 0 Å². The Kier molecular flexibility index (Phi) is 2.86. The molecule has 0 unspecified atom stereocenters. The summed E-state index contributed by atoms with van der Waals surface area (Å²) in [6.07, 6.45) is 5.01. The first-order chi connectivity index (χ1) is 6.25. The zero-order chi connectivity index (χ0) is 9.26. The van der Waals surface area contributed by atoms with E-state index in [1.54, 1.807) is 0 Å². The quantitative estimate of drug-likeness (QED) is 0.747. The van der Waals surface area contributed by atoms with Crippen LogP contribution in [0.4, 0.5) is 0 Å². The second-order valence-corrected chi connectivity index (χ2v) is 4.82. The Bertz CT molecular complexity index is 279. The lowest BCUT2D eigenvalue weighted by Crippen LogP contribution is -2.11. The number of hydrogen-bond donors (Lipinski definition) is 0. The van der Waals surface area contributed by atoms with E-state index >= 15 is 0 Å². The lowest BCUT2D eigenvalue weighted by atomic mass is 9.83. The molecule has 1 saturated carbocycles. The Morgan fingerprint density at radius 3 is 2.54 bits per heavy atom. The van der Waals surface area contributed by atoms with Gasteiger partial charge < -0.3 is 4.52 Å². The van der Waals surface area contributed by atoms with Crippen LogP contribution in [0.15, 0.2) is 4.52 Å². The molecule has 2 rings (SSSR count). The summed E-state index contributed by atoms with van der Waals surface area (Å²) in [6, 6.07) is 0. The van der Waals surface area contributed by atoms with E-state index < -0.39 is 0 Å². The molecule has 0 aliphatic heterocycles. The molecular weight excluding hydrogens is 279 g/mol. The highest BCUT2D eigenvalue weighted by molar-refractivity contribution is 14.1. The highest BCUT2D eigenvalue weighted by atomic mass is 127. The van der Waals surface area contributed by atoms with Crippen LogP contribution in [0, 0.1) is 9.75 Å². The summed E-state index contributed by atoms with van der Waals surface area (Å²) < 4.78 is 5.90. The van der Waals surface area contributed by atoms with Crippen molar-refractivity contribution in [1.29, 1.82) is 0 Å². The maximum Gasteiger partial charge on any atom is 0.232 e. The van der Waals surface area contributed by atoms with Gasteiger partial charge in [0, 0.05) is 28.5 Å². The van der Waals surface area contributed by atoms with Gasteiger partial charge in [0.2, 0.25) is 9.72 Å². The van der Waals surface area contributed by atoms with E-state index in [-0.39, 0.29) is 0 Å². The van der Waals surface area contributed by atoms with Crippen LogP contribution < -0.4 is 0 Å². The number of rotatable bonds is 1. The molecule has 1 aromatic rings. The van der Waals surface area contributed by atoms with E-state index in [9.17, 15) is 0 Å². The zero-order valence-corrected chi connectivity index (χ0v) is 9.82. The van der Waals surface area contributed by atoms with E-state index in [0.717, 1.165) is 15.6 Å². The average molecular weight is 292 g/mol. The van der Waals surface area contributed by atoms with E-state index in [1.807, 2.05) is 0 Å². The molecular formula is C9H13IN2O. The van der Waals surface area contributed by atoms with Gasteiger partial charge in [-0.1, -0.05) is 12.1 Å². The number of hydrogen-bond acceptors (Lipinski definition) is 3. The molecule has 0 saturated heterocycles. The smallest absolute Gasteiger partial charge is 0.232 e. The minimum atomic E-state index is 0.521. The minimum absolute atomic E-state index is 0.521. The molecule has 1 aliphatic carbocycles. The fourth-order valence-corrected chi connectivity index (χ4v) is 2.23. The van der Waals surface area contributed by atoms with Crippen molar-refractivity contribution in [2.45, 2.75) is 38.5 Å². The minimum Gasteiger partial charge on any atom is -0.338 e. The monoisotopic (exact) mass is 292 g/mol. The molecule has 13 heavy (non-hydrogen) atoms. The van der Waals surface area contributed by atoms with Gasteiger partial charge in [-0.25, -0.2) is 0 Å². The predicted octanol–water partition coefficient (Wildman–Crippen LogP) is 2.97. The van der Waals surface area contributed by atoms with Crippen molar-refractivity contribution in [3.63, 3.8) is 0 Å². The molecule has 0 aromatic carbocycles. The standard InChI is InChI=1S/C9H13IN2O/c1-6-2-4-7(5-3-6)8-11-9(10)12-13-8/h6-7H,2-5H2,1H3. The lowest BCUT2D eigenvalue weighted by molar-refractivity contribution is 0.280. The van der Waals surface area contributed by atoms with Crippen LogP contribution in [-0.2, 0) is 0 Å². The molecule has 72 valence electrons. The summed E-state index contributed by atoms with van der Waals surface area (Å²) in [5.41, 5.74) is 0. The van der Waals surface area contributed by atoms with Crippen molar-refractivity contribution >= 4 is 22.6 Å². The number of aromatic nitrogens is 2. The summed E-state index contributed by atoms with van der Waals surface area (Å²) >= 11 is 2.08. The van der Waals surface area contributed by atoms with E-state index in [2.05, 4.69) is 39.7 Å². The predicted molar refractivity (Wildman–Crippen MR) is 57.4 cm³/mol. The highest BCUT2D eigenvalue weighted by Gasteiger charge is 2.23. The Balaban J connectivity index is 2.02. The van der Waals surface area contributed by atoms with Crippen molar-refractivity contribution in [3.05, 3.63) is 9.72 Å². The molecule has 1 aliphatic rings. The van der Waals surface area contributed by atoms with Gasteiger partial charge in [0.15, 0.2) is 0 Å². The third kappa shape index (κ3) is 2.21. The number of nitrogens with zero attached hydrogens (tertiary/aromatic N) is 2. The van der Waals surface area contributed by atoms with Gasteiger partial charge in [-0.3, -0.25) is 0 Å². The first-order valence-electron chi connectivity index (χ1n) is 4.75. The summed E-state index contributed by atoms with van der Waals surface area (Å²) in [5.74, 6) is 2.24. The average Bonchev–Trinajstić information content (AvgIpc) is 2.53. The van der Waals surface area contributed by atoms with Crippen molar-refractivity contribution in [2.24, 2.45) is 5.92 Å². The Hall–Kier alpha value is -0.130. The van der Waals surface area contributed by atoms with Gasteiger partial charge in [-0.05, 0) is 31.6 Å². The maximum absolute atomic E-state index is 5.17. The molecule has 1 aromatic heterocycles. The Morgan fingerprint density at radius 1 is 1.31 bits per heavy atom. The zero-order valence-electron chi connectivity index (χ0n) is 7.66. The number of halogens is 1. The first-order valence-corrected chi connectivity index (χ1v) is 5.82. The summed E-state index contributed by atoms with van der Waals surface area (Å²) in [5, 5.41) is 3.81. The lowest BCUT2D eigenvalue weighted by Gasteiger charge is -2.22. The molecule has 0 amide bonds. The molecule has 1 heterocycles. The maximum atomic E-state index is 5.17. The molecule has 1 fully saturated rings. The highest BCUT2D eigenvalue weighted by Crippen LogP contribution is 2.34. The van der Waals surface area contributed by atoms with Gasteiger partial charge in [0.05, 0.1) is 0 Å². The normalized spacial score (nSPS) is 29.1. The summed E-state index contributed by atoms with van der Waals surface area (Å²) in [7, 11) is 0.